The van der Waals surface area contributed by atoms with Gasteiger partial charge in [0.05, 0.1) is 5.92 Å². The maximum absolute atomic E-state index is 13.4. The average Bonchev–Trinajstić information content (AvgIpc) is 2.84. The molecule has 35 heavy (non-hydrogen) atoms. The van der Waals surface area contributed by atoms with Gasteiger partial charge in [0.2, 0.25) is 0 Å². The number of carbonyl (C=O) groups is 2. The first-order chi connectivity index (χ1) is 16.7. The predicted molar refractivity (Wildman–Crippen MR) is 138 cm³/mol. The second-order valence-corrected chi connectivity index (χ2v) is 11.2. The molecule has 0 aromatic heterocycles. The number of nitrogens with one attached hydrogen (secondary N) is 1. The lowest BCUT2D eigenvalue weighted by Gasteiger charge is -2.30. The van der Waals surface area contributed by atoms with Gasteiger partial charge in [0, 0.05) is 17.1 Å². The zero-order valence-electron chi connectivity index (χ0n) is 18.9. The highest BCUT2D eigenvalue weighted by Crippen LogP contribution is 2.40. The third kappa shape index (κ3) is 8.35. The molecule has 0 saturated heterocycles. The molecule has 3 aromatic rings. The fourth-order valence-corrected chi connectivity index (χ4v) is 5.59. The summed E-state index contributed by atoms with van der Waals surface area (Å²) in [5.41, 5.74) is -0.0104. The van der Waals surface area contributed by atoms with Crippen LogP contribution in [0.15, 0.2) is 89.4 Å². The highest BCUT2D eigenvalue weighted by atomic mass is 79.9. The third-order valence-corrected chi connectivity index (χ3v) is 8.08. The Morgan fingerprint density at radius 1 is 0.914 bits per heavy atom. The first-order valence-corrected chi connectivity index (χ1v) is 13.4. The molecule has 3 atom stereocenters. The van der Waals surface area contributed by atoms with Crippen molar-refractivity contribution < 1.29 is 29.1 Å². The number of aliphatic carboxylic acids is 1. The van der Waals surface area contributed by atoms with Crippen molar-refractivity contribution in [1.82, 2.24) is 5.32 Å². The number of benzene rings is 3. The molecule has 0 saturated carbocycles. The molecular weight excluding hydrogens is 533 g/mol. The van der Waals surface area contributed by atoms with Crippen molar-refractivity contribution in [3.8, 4) is 0 Å². The Morgan fingerprint density at radius 2 is 1.49 bits per heavy atom. The van der Waals surface area contributed by atoms with Crippen molar-refractivity contribution in [3.05, 3.63) is 106 Å². The van der Waals surface area contributed by atoms with Crippen molar-refractivity contribution >= 4 is 35.8 Å². The minimum Gasteiger partial charge on any atom is -0.481 e. The molecule has 3 unspecified atom stereocenters. The summed E-state index contributed by atoms with van der Waals surface area (Å²) in [4.78, 5) is 24.5. The van der Waals surface area contributed by atoms with Crippen LogP contribution in [0.2, 0.25) is 0 Å². The SMILES string of the molecule is O=C(NC(O)(Cc1ccccc1)[PH](=O)CC(Cc1ccc(Br)cc1)C(=O)O)OCc1ccccc1. The van der Waals surface area contributed by atoms with Crippen LogP contribution in [0.3, 0.4) is 0 Å². The molecule has 0 radical (unpaired) electrons. The molecular formula is C26H27BrNO6P. The van der Waals surface area contributed by atoms with Crippen molar-refractivity contribution in [2.24, 2.45) is 5.92 Å². The fraction of sp³-hybridized carbons (Fsp3) is 0.231. The Hall–Kier alpha value is -2.93. The fourth-order valence-electron chi connectivity index (χ4n) is 3.58. The lowest BCUT2D eigenvalue weighted by Crippen LogP contribution is -2.48. The topological polar surface area (TPSA) is 113 Å². The summed E-state index contributed by atoms with van der Waals surface area (Å²) in [6.45, 7) is -0.0314. The van der Waals surface area contributed by atoms with Gasteiger partial charge in [-0.1, -0.05) is 88.7 Å². The zero-order valence-corrected chi connectivity index (χ0v) is 21.5. The Bertz CT molecular complexity index is 1140. The largest absolute Gasteiger partial charge is 0.481 e. The van der Waals surface area contributed by atoms with E-state index in [1.165, 1.54) is 0 Å². The van der Waals surface area contributed by atoms with Gasteiger partial charge in [-0.25, -0.2) is 4.79 Å². The first kappa shape index (κ1) is 26.7. The summed E-state index contributed by atoms with van der Waals surface area (Å²) in [5, 5.41) is 23.5. The maximum atomic E-state index is 13.4. The summed E-state index contributed by atoms with van der Waals surface area (Å²) in [7, 11) is -3.07. The molecule has 0 bridgehead atoms. The highest BCUT2D eigenvalue weighted by molar-refractivity contribution is 9.10. The molecule has 0 fully saturated rings. The molecule has 3 N–H and O–H groups in total. The van der Waals surface area contributed by atoms with E-state index in [0.717, 1.165) is 15.6 Å². The minimum absolute atomic E-state index is 0.0314. The molecule has 3 aromatic carbocycles. The van der Waals surface area contributed by atoms with E-state index in [2.05, 4.69) is 21.2 Å². The second kappa shape index (κ2) is 12.7. The van der Waals surface area contributed by atoms with E-state index in [-0.39, 0.29) is 25.6 Å². The molecule has 9 heteroatoms. The van der Waals surface area contributed by atoms with Crippen molar-refractivity contribution in [1.29, 1.82) is 0 Å². The van der Waals surface area contributed by atoms with Crippen LogP contribution in [-0.4, -0.2) is 33.9 Å². The van der Waals surface area contributed by atoms with Gasteiger partial charge >= 0.3 is 12.1 Å². The van der Waals surface area contributed by atoms with E-state index in [9.17, 15) is 24.4 Å². The number of carboxylic acid groups (broad SMARTS) is 1. The van der Waals surface area contributed by atoms with Gasteiger partial charge in [-0.15, -0.1) is 0 Å². The van der Waals surface area contributed by atoms with Crippen LogP contribution in [-0.2, 0) is 33.5 Å². The number of carboxylic acids is 1. The number of aliphatic hydroxyl groups is 1. The van der Waals surface area contributed by atoms with E-state index in [1.54, 1.807) is 78.9 Å². The molecule has 0 aliphatic heterocycles. The van der Waals surface area contributed by atoms with Gasteiger partial charge in [-0.05, 0) is 35.2 Å². The predicted octanol–water partition coefficient (Wildman–Crippen LogP) is 5.07. The van der Waals surface area contributed by atoms with Gasteiger partial charge in [0.25, 0.3) is 0 Å². The van der Waals surface area contributed by atoms with Crippen molar-refractivity contribution in [2.75, 3.05) is 6.16 Å². The first-order valence-electron chi connectivity index (χ1n) is 11.0. The summed E-state index contributed by atoms with van der Waals surface area (Å²) in [6.07, 6.45) is -1.25. The lowest BCUT2D eigenvalue weighted by atomic mass is 10.0. The zero-order chi connectivity index (χ0) is 25.3. The van der Waals surface area contributed by atoms with Crippen LogP contribution < -0.4 is 5.32 Å². The Morgan fingerprint density at radius 3 is 2.06 bits per heavy atom. The maximum Gasteiger partial charge on any atom is 0.410 e. The summed E-state index contributed by atoms with van der Waals surface area (Å²) >= 11 is 3.34. The van der Waals surface area contributed by atoms with E-state index in [4.69, 9.17) is 4.74 Å². The number of rotatable bonds is 11. The molecule has 184 valence electrons. The lowest BCUT2D eigenvalue weighted by molar-refractivity contribution is -0.140. The number of halogens is 1. The molecule has 0 spiro atoms. The van der Waals surface area contributed by atoms with Crippen molar-refractivity contribution in [3.63, 3.8) is 0 Å². The quantitative estimate of drug-likeness (QED) is 0.223. The van der Waals surface area contributed by atoms with Gasteiger partial charge in [0.1, 0.15) is 14.4 Å². The van der Waals surface area contributed by atoms with Gasteiger partial charge in [0.15, 0.2) is 5.47 Å². The summed E-state index contributed by atoms with van der Waals surface area (Å²) in [5.74, 6) is -2.13. The van der Waals surface area contributed by atoms with E-state index >= 15 is 0 Å². The minimum atomic E-state index is -3.07. The molecule has 0 aliphatic rings. The average molecular weight is 560 g/mol. The van der Waals surface area contributed by atoms with Gasteiger partial charge in [-0.3, -0.25) is 10.1 Å². The van der Waals surface area contributed by atoms with Crippen LogP contribution in [0.5, 0.6) is 0 Å². The van der Waals surface area contributed by atoms with E-state index in [1.807, 2.05) is 6.07 Å². The smallest absolute Gasteiger partial charge is 0.410 e. The third-order valence-electron chi connectivity index (χ3n) is 5.46. The van der Waals surface area contributed by atoms with Crippen LogP contribution in [0.25, 0.3) is 0 Å². The Kier molecular flexibility index (Phi) is 9.66. The summed E-state index contributed by atoms with van der Waals surface area (Å²) < 4.78 is 19.5. The van der Waals surface area contributed by atoms with E-state index in [0.29, 0.717) is 5.56 Å². The molecule has 0 aliphatic carbocycles. The molecule has 0 heterocycles. The monoisotopic (exact) mass is 559 g/mol. The normalized spacial score (nSPS) is 14.3. The van der Waals surface area contributed by atoms with Gasteiger partial charge < -0.3 is 19.5 Å². The Balaban J connectivity index is 1.75. The summed E-state index contributed by atoms with van der Waals surface area (Å²) in [6, 6.07) is 25.0. The number of hydrogen-bond donors (Lipinski definition) is 3. The number of amides is 1. The number of ether oxygens (including phenoxy) is 1. The number of hydrogen-bond acceptors (Lipinski definition) is 5. The second-order valence-electron chi connectivity index (χ2n) is 8.20. The van der Waals surface area contributed by atoms with Crippen LogP contribution in [0.1, 0.15) is 16.7 Å². The number of carbonyl (C=O) groups excluding carboxylic acids is 1. The van der Waals surface area contributed by atoms with E-state index < -0.39 is 31.2 Å². The molecule has 3 rings (SSSR count). The molecule has 7 nitrogen and oxygen atoms in total. The van der Waals surface area contributed by atoms with Crippen LogP contribution in [0, 0.1) is 5.92 Å². The van der Waals surface area contributed by atoms with Crippen molar-refractivity contribution in [2.45, 2.75) is 24.9 Å². The van der Waals surface area contributed by atoms with Gasteiger partial charge in [-0.2, -0.15) is 0 Å². The van der Waals surface area contributed by atoms with Crippen LogP contribution >= 0.6 is 23.7 Å². The molecule has 1 amide bonds. The highest BCUT2D eigenvalue weighted by Gasteiger charge is 2.39. The standard InChI is InChI=1S/C26H27BrNO6P/c27-23-13-11-19(12-14-23)15-22(24(29)30)18-35(33)26(32,16-20-7-3-1-4-8-20)28-25(31)34-17-21-9-5-2-6-10-21/h1-14,22,32,35H,15-18H2,(H,28,31)(H,29,30). The number of alkyl carbamates (subject to hydrolysis) is 1. The Labute approximate surface area is 213 Å². The van der Waals surface area contributed by atoms with Crippen LogP contribution in [0.4, 0.5) is 4.79 Å².